The normalized spacial score (nSPS) is 13.0. The van der Waals surface area contributed by atoms with Crippen LogP contribution in [-0.4, -0.2) is 36.4 Å². The van der Waals surface area contributed by atoms with Crippen LogP contribution in [0.15, 0.2) is 109 Å². The molecule has 0 aromatic heterocycles. The summed E-state index contributed by atoms with van der Waals surface area (Å²) in [5, 5.41) is 9.64. The van der Waals surface area contributed by atoms with E-state index in [1.807, 2.05) is 0 Å². The first-order valence-electron chi connectivity index (χ1n) is 28.4. The van der Waals surface area contributed by atoms with Crippen molar-refractivity contribution < 1.29 is 24.2 Å². The molecule has 388 valence electrons. The molecule has 0 aliphatic rings. The van der Waals surface area contributed by atoms with Crippen molar-refractivity contribution >= 4 is 11.9 Å². The van der Waals surface area contributed by atoms with Gasteiger partial charge < -0.3 is 14.6 Å². The lowest BCUT2D eigenvalue weighted by Crippen LogP contribution is -2.28. The lowest BCUT2D eigenvalue weighted by atomic mass is 10.0. The van der Waals surface area contributed by atoms with Crippen LogP contribution in [0.25, 0.3) is 0 Å². The third-order valence-electron chi connectivity index (χ3n) is 12.1. The number of rotatable bonds is 51. The Labute approximate surface area is 421 Å². The number of carbonyl (C=O) groups is 2. The van der Waals surface area contributed by atoms with Gasteiger partial charge in [0.2, 0.25) is 0 Å². The van der Waals surface area contributed by atoms with Gasteiger partial charge in [0.15, 0.2) is 6.10 Å². The van der Waals surface area contributed by atoms with Crippen LogP contribution in [-0.2, 0) is 19.1 Å². The van der Waals surface area contributed by atoms with E-state index in [4.69, 9.17) is 9.47 Å². The van der Waals surface area contributed by atoms with Crippen molar-refractivity contribution in [2.75, 3.05) is 13.2 Å². The molecule has 0 aliphatic carbocycles. The molecule has 0 aliphatic heterocycles. The molecule has 5 nitrogen and oxygen atoms in total. The Kier molecular flexibility index (Phi) is 54.9. The van der Waals surface area contributed by atoms with Crippen LogP contribution in [0.5, 0.6) is 0 Å². The molecule has 0 fully saturated rings. The van der Waals surface area contributed by atoms with E-state index in [2.05, 4.69) is 123 Å². The summed E-state index contributed by atoms with van der Waals surface area (Å²) in [6.45, 7) is 3.98. The minimum absolute atomic E-state index is 0.0935. The van der Waals surface area contributed by atoms with Crippen LogP contribution in [0.2, 0.25) is 0 Å². The van der Waals surface area contributed by atoms with Gasteiger partial charge in [-0.05, 0) is 96.3 Å². The minimum Gasteiger partial charge on any atom is -0.462 e. The van der Waals surface area contributed by atoms with Gasteiger partial charge in [-0.15, -0.1) is 0 Å². The molecule has 1 N–H and O–H groups in total. The molecule has 1 atom stereocenters. The molecule has 0 heterocycles. The number of esters is 2. The number of ether oxygens (including phenoxy) is 2. The van der Waals surface area contributed by atoms with Crippen molar-refractivity contribution in [2.45, 2.75) is 264 Å². The van der Waals surface area contributed by atoms with E-state index in [9.17, 15) is 14.7 Å². The topological polar surface area (TPSA) is 72.8 Å². The standard InChI is InChI=1S/C63H106O5/c1-3-5-7-9-11-13-15-17-19-21-23-25-27-28-29-30-31-32-33-34-36-37-39-41-43-45-47-49-51-53-55-57-62(65)67-60-61(59-64)68-63(66)58-56-54-52-50-48-46-44-42-40-38-35-26-24-22-20-18-16-14-12-10-8-6-4-2/h6,8,12,14-15,17-18,20-21,23-24,26,38,40,44,46,50,52,61,64H,3-5,7,9-11,13,16,19,22,25,27-37,39,41-43,45,47-49,51,53-60H2,1-2H3/b8-6-,14-12-,17-15-,20-18-,23-21-,26-24-,40-38-,46-44-,52-50-. The molecule has 0 bridgehead atoms. The quantitative estimate of drug-likeness (QED) is 0.0374. The van der Waals surface area contributed by atoms with Crippen LogP contribution in [0.3, 0.4) is 0 Å². The van der Waals surface area contributed by atoms with Gasteiger partial charge in [0.25, 0.3) is 0 Å². The molecule has 0 aromatic carbocycles. The van der Waals surface area contributed by atoms with Crippen LogP contribution in [0, 0.1) is 0 Å². The summed E-state index contributed by atoms with van der Waals surface area (Å²) in [6.07, 6.45) is 83.6. The highest BCUT2D eigenvalue weighted by Crippen LogP contribution is 2.16. The Morgan fingerprint density at radius 1 is 0.353 bits per heavy atom. The first kappa shape index (κ1) is 64.6. The molecular formula is C63H106O5. The number of hydrogen-bond donors (Lipinski definition) is 1. The van der Waals surface area contributed by atoms with Crippen molar-refractivity contribution in [1.29, 1.82) is 0 Å². The van der Waals surface area contributed by atoms with Crippen molar-refractivity contribution in [2.24, 2.45) is 0 Å². The molecular weight excluding hydrogens is 837 g/mol. The van der Waals surface area contributed by atoms with Crippen molar-refractivity contribution in [3.05, 3.63) is 109 Å². The smallest absolute Gasteiger partial charge is 0.306 e. The van der Waals surface area contributed by atoms with Gasteiger partial charge in [0.05, 0.1) is 6.61 Å². The second-order valence-corrected chi connectivity index (χ2v) is 18.6. The maximum Gasteiger partial charge on any atom is 0.306 e. The van der Waals surface area contributed by atoms with E-state index in [0.29, 0.717) is 12.8 Å². The molecule has 68 heavy (non-hydrogen) atoms. The van der Waals surface area contributed by atoms with Crippen molar-refractivity contribution in [1.82, 2.24) is 0 Å². The predicted molar refractivity (Wildman–Crippen MR) is 297 cm³/mol. The van der Waals surface area contributed by atoms with Crippen LogP contribution in [0.4, 0.5) is 0 Å². The molecule has 0 spiro atoms. The molecule has 5 heteroatoms. The molecule has 1 unspecified atom stereocenters. The zero-order valence-corrected chi connectivity index (χ0v) is 44.3. The SMILES string of the molecule is CC/C=C\C/C=C\C/C=C\C/C=C\C/C=C\C/C=C\C/C=C\CCCC(=O)OC(CO)COC(=O)CCCCCCCCCCCCCCCCCCCCC/C=C\C/C=C\CCCCCCC. The summed E-state index contributed by atoms with van der Waals surface area (Å²) >= 11 is 0. The van der Waals surface area contributed by atoms with E-state index in [1.54, 1.807) is 0 Å². The number of carbonyl (C=O) groups excluding carboxylic acids is 2. The summed E-state index contributed by atoms with van der Waals surface area (Å²) < 4.78 is 10.7. The number of hydrogen-bond acceptors (Lipinski definition) is 5. The van der Waals surface area contributed by atoms with E-state index >= 15 is 0 Å². The highest BCUT2D eigenvalue weighted by Gasteiger charge is 2.16. The molecule has 0 radical (unpaired) electrons. The van der Waals surface area contributed by atoms with Gasteiger partial charge in [-0.3, -0.25) is 9.59 Å². The van der Waals surface area contributed by atoms with Gasteiger partial charge in [0, 0.05) is 12.8 Å². The highest BCUT2D eigenvalue weighted by molar-refractivity contribution is 5.70. The Hall–Kier alpha value is -3.44. The fourth-order valence-corrected chi connectivity index (χ4v) is 7.81. The minimum atomic E-state index is -0.810. The number of aliphatic hydroxyl groups excluding tert-OH is 1. The van der Waals surface area contributed by atoms with Crippen LogP contribution >= 0.6 is 0 Å². The monoisotopic (exact) mass is 943 g/mol. The van der Waals surface area contributed by atoms with Crippen molar-refractivity contribution in [3.8, 4) is 0 Å². The summed E-state index contributed by atoms with van der Waals surface area (Å²) in [4.78, 5) is 24.5. The van der Waals surface area contributed by atoms with Gasteiger partial charge in [-0.25, -0.2) is 0 Å². The molecule has 0 aromatic rings. The van der Waals surface area contributed by atoms with E-state index in [0.717, 1.165) is 77.0 Å². The lowest BCUT2D eigenvalue weighted by Gasteiger charge is -2.15. The highest BCUT2D eigenvalue weighted by atomic mass is 16.6. The van der Waals surface area contributed by atoms with Crippen LogP contribution in [0.1, 0.15) is 258 Å². The van der Waals surface area contributed by atoms with Gasteiger partial charge in [-0.2, -0.15) is 0 Å². The fourth-order valence-electron chi connectivity index (χ4n) is 7.81. The maximum absolute atomic E-state index is 12.3. The number of aliphatic hydroxyl groups is 1. The van der Waals surface area contributed by atoms with E-state index in [1.165, 1.54) is 148 Å². The van der Waals surface area contributed by atoms with Crippen LogP contribution < -0.4 is 0 Å². The predicted octanol–water partition coefficient (Wildman–Crippen LogP) is 19.3. The largest absolute Gasteiger partial charge is 0.462 e. The number of allylic oxidation sites excluding steroid dienone is 18. The Morgan fingerprint density at radius 2 is 0.647 bits per heavy atom. The summed E-state index contributed by atoms with van der Waals surface area (Å²) in [5.41, 5.74) is 0. The maximum atomic E-state index is 12.3. The lowest BCUT2D eigenvalue weighted by molar-refractivity contribution is -0.161. The molecule has 0 saturated carbocycles. The van der Waals surface area contributed by atoms with E-state index in [-0.39, 0.29) is 31.6 Å². The fraction of sp³-hybridized carbons (Fsp3) is 0.683. The second-order valence-electron chi connectivity index (χ2n) is 18.6. The summed E-state index contributed by atoms with van der Waals surface area (Å²) in [6, 6.07) is 0. The second kappa shape index (κ2) is 57.9. The molecule has 0 amide bonds. The van der Waals surface area contributed by atoms with Gasteiger partial charge >= 0.3 is 11.9 Å². The van der Waals surface area contributed by atoms with Gasteiger partial charge in [-0.1, -0.05) is 258 Å². The van der Waals surface area contributed by atoms with Crippen molar-refractivity contribution in [3.63, 3.8) is 0 Å². The number of unbranched alkanes of at least 4 members (excludes halogenated alkanes) is 25. The van der Waals surface area contributed by atoms with E-state index < -0.39 is 6.10 Å². The third-order valence-corrected chi connectivity index (χ3v) is 12.1. The zero-order chi connectivity index (χ0) is 49.2. The first-order chi connectivity index (χ1) is 33.6. The first-order valence-corrected chi connectivity index (χ1v) is 28.4. The average molecular weight is 944 g/mol. The molecule has 0 saturated heterocycles. The average Bonchev–Trinajstić information content (AvgIpc) is 3.34. The molecule has 0 rings (SSSR count). The van der Waals surface area contributed by atoms with Gasteiger partial charge in [0.1, 0.15) is 6.61 Å². The Morgan fingerprint density at radius 3 is 1.00 bits per heavy atom. The summed E-state index contributed by atoms with van der Waals surface area (Å²) in [7, 11) is 0. The Bertz CT molecular complexity index is 1340. The third kappa shape index (κ3) is 55.2. The zero-order valence-electron chi connectivity index (χ0n) is 44.3. The summed E-state index contributed by atoms with van der Waals surface area (Å²) in [5.74, 6) is -0.660. The Balaban J connectivity index is 3.55.